The number of alkyl halides is 3. The van der Waals surface area contributed by atoms with Gasteiger partial charge in [0, 0.05) is 11.6 Å². The summed E-state index contributed by atoms with van der Waals surface area (Å²) in [7, 11) is 0. The van der Waals surface area contributed by atoms with E-state index in [0.29, 0.717) is 10.5 Å². The van der Waals surface area contributed by atoms with Gasteiger partial charge >= 0.3 is 6.18 Å². The van der Waals surface area contributed by atoms with Crippen molar-refractivity contribution in [2.45, 2.75) is 25.6 Å². The first kappa shape index (κ1) is 20.8. The summed E-state index contributed by atoms with van der Waals surface area (Å²) in [5.74, 6) is -0.907. The summed E-state index contributed by atoms with van der Waals surface area (Å²) < 4.78 is 40.5. The second kappa shape index (κ2) is 7.47. The maximum absolute atomic E-state index is 13.1. The van der Waals surface area contributed by atoms with Crippen LogP contribution in [0.3, 0.4) is 0 Å². The smallest absolute Gasteiger partial charge is 0.350 e. The third kappa shape index (κ3) is 4.24. The van der Waals surface area contributed by atoms with Crippen molar-refractivity contribution >= 4 is 28.4 Å². The van der Waals surface area contributed by atoms with Crippen LogP contribution in [0.15, 0.2) is 47.3 Å². The fourth-order valence-corrected chi connectivity index (χ4v) is 2.98. The topological polar surface area (TPSA) is 76.9 Å². The van der Waals surface area contributed by atoms with Crippen LogP contribution in [0.25, 0.3) is 10.9 Å². The normalized spacial score (nSPS) is 12.2. The molecule has 2 aromatic carbocycles. The molecule has 152 valence electrons. The number of amides is 1. The molecule has 0 spiro atoms. The van der Waals surface area contributed by atoms with Gasteiger partial charge in [0.1, 0.15) is 5.52 Å². The zero-order valence-corrected chi connectivity index (χ0v) is 16.2. The number of hydrogen-bond acceptors (Lipinski definition) is 4. The van der Waals surface area contributed by atoms with E-state index in [9.17, 15) is 22.8 Å². The van der Waals surface area contributed by atoms with Gasteiger partial charge in [0.2, 0.25) is 0 Å². The first-order chi connectivity index (χ1) is 13.5. The molecule has 0 aliphatic carbocycles. The molecule has 0 bridgehead atoms. The summed E-state index contributed by atoms with van der Waals surface area (Å²) in [5, 5.41) is 10.9. The Hall–Kier alpha value is -2.94. The van der Waals surface area contributed by atoms with E-state index in [2.05, 4.69) is 15.6 Å². The number of rotatable bonds is 4. The molecule has 0 fully saturated rings. The summed E-state index contributed by atoms with van der Waals surface area (Å²) in [6, 6.07) is 9.07. The molecule has 6 nitrogen and oxygen atoms in total. The zero-order valence-electron chi connectivity index (χ0n) is 15.4. The van der Waals surface area contributed by atoms with Gasteiger partial charge < -0.3 is 5.32 Å². The minimum Gasteiger partial charge on any atom is -0.350 e. The van der Waals surface area contributed by atoms with Crippen LogP contribution in [0.1, 0.15) is 29.8 Å². The lowest BCUT2D eigenvalue weighted by Crippen LogP contribution is -2.47. The third-order valence-corrected chi connectivity index (χ3v) is 4.59. The molecule has 0 aliphatic rings. The van der Waals surface area contributed by atoms with Gasteiger partial charge in [-0.3, -0.25) is 9.59 Å². The molecular formula is C19H16ClF3N4O2. The van der Waals surface area contributed by atoms with Crippen LogP contribution in [0.2, 0.25) is 5.02 Å². The Labute approximate surface area is 168 Å². The van der Waals surface area contributed by atoms with Gasteiger partial charge in [-0.05, 0) is 44.2 Å². The van der Waals surface area contributed by atoms with Crippen molar-refractivity contribution in [3.63, 3.8) is 0 Å². The highest BCUT2D eigenvalue weighted by atomic mass is 35.5. The molecule has 0 radical (unpaired) electrons. The monoisotopic (exact) mass is 424 g/mol. The molecule has 0 saturated heterocycles. The van der Waals surface area contributed by atoms with Gasteiger partial charge in [-0.2, -0.15) is 13.2 Å². The van der Waals surface area contributed by atoms with Gasteiger partial charge in [-0.25, -0.2) is 4.68 Å². The number of benzene rings is 2. The average Bonchev–Trinajstić information content (AvgIpc) is 2.66. The van der Waals surface area contributed by atoms with Crippen molar-refractivity contribution in [3.8, 4) is 0 Å². The Balaban J connectivity index is 1.88. The van der Waals surface area contributed by atoms with E-state index in [4.69, 9.17) is 11.6 Å². The van der Waals surface area contributed by atoms with E-state index in [1.807, 2.05) is 0 Å². The Morgan fingerprint density at radius 1 is 1.17 bits per heavy atom. The molecule has 3 rings (SSSR count). The highest BCUT2D eigenvalue weighted by molar-refractivity contribution is 6.31. The van der Waals surface area contributed by atoms with Crippen LogP contribution in [0.5, 0.6) is 0 Å². The largest absolute Gasteiger partial charge is 0.417 e. The van der Waals surface area contributed by atoms with E-state index >= 15 is 0 Å². The van der Waals surface area contributed by atoms with Gasteiger partial charge in [-0.15, -0.1) is 5.10 Å². The lowest BCUT2D eigenvalue weighted by atomic mass is 10.0. The SMILES string of the molecule is CC(C)(CNC(=O)c1ccccc1C(F)(F)F)n1nnc2ccc(Cl)cc2c1=O. The number of carbonyl (C=O) groups is 1. The van der Waals surface area contributed by atoms with E-state index in [1.54, 1.807) is 26.0 Å². The summed E-state index contributed by atoms with van der Waals surface area (Å²) >= 11 is 5.93. The van der Waals surface area contributed by atoms with Crippen molar-refractivity contribution in [2.75, 3.05) is 6.54 Å². The van der Waals surface area contributed by atoms with E-state index in [0.717, 1.165) is 16.8 Å². The number of hydrogen-bond donors (Lipinski definition) is 1. The summed E-state index contributed by atoms with van der Waals surface area (Å²) in [6.07, 6.45) is -4.66. The molecule has 1 aromatic heterocycles. The molecule has 1 N–H and O–H groups in total. The summed E-state index contributed by atoms with van der Waals surface area (Å²) in [6.45, 7) is 3.06. The molecule has 1 amide bonds. The fourth-order valence-electron chi connectivity index (χ4n) is 2.81. The van der Waals surface area contributed by atoms with Crippen molar-refractivity contribution in [1.29, 1.82) is 0 Å². The minimum atomic E-state index is -4.66. The summed E-state index contributed by atoms with van der Waals surface area (Å²) in [4.78, 5) is 25.1. The molecule has 29 heavy (non-hydrogen) atoms. The van der Waals surface area contributed by atoms with Crippen LogP contribution >= 0.6 is 11.6 Å². The van der Waals surface area contributed by atoms with E-state index in [-0.39, 0.29) is 11.9 Å². The predicted octanol–water partition coefficient (Wildman–Crippen LogP) is 3.63. The second-order valence-electron chi connectivity index (χ2n) is 7.01. The highest BCUT2D eigenvalue weighted by Gasteiger charge is 2.35. The van der Waals surface area contributed by atoms with Crippen LogP contribution in [-0.4, -0.2) is 27.4 Å². The molecule has 0 saturated carbocycles. The predicted molar refractivity (Wildman–Crippen MR) is 102 cm³/mol. The molecule has 10 heteroatoms. The Morgan fingerprint density at radius 3 is 2.55 bits per heavy atom. The van der Waals surface area contributed by atoms with Gasteiger partial charge in [0.05, 0.1) is 22.1 Å². The third-order valence-electron chi connectivity index (χ3n) is 4.36. The molecule has 3 aromatic rings. The molecule has 0 unspecified atom stereocenters. The van der Waals surface area contributed by atoms with Crippen molar-refractivity contribution in [1.82, 2.24) is 20.3 Å². The zero-order chi connectivity index (χ0) is 21.4. The van der Waals surface area contributed by atoms with Crippen LogP contribution in [0, 0.1) is 0 Å². The maximum atomic E-state index is 13.1. The lowest BCUT2D eigenvalue weighted by Gasteiger charge is -2.26. The quantitative estimate of drug-likeness (QED) is 0.694. The molecular weight excluding hydrogens is 409 g/mol. The Bertz CT molecular complexity index is 1140. The van der Waals surface area contributed by atoms with Crippen LogP contribution < -0.4 is 10.9 Å². The van der Waals surface area contributed by atoms with E-state index in [1.165, 1.54) is 18.2 Å². The standard InChI is InChI=1S/C19H16ClF3N4O2/c1-18(2,27-17(29)13-9-11(20)7-8-15(13)25-26-27)10-24-16(28)12-5-3-4-6-14(12)19(21,22)23/h3-9H,10H2,1-2H3,(H,24,28). The highest BCUT2D eigenvalue weighted by Crippen LogP contribution is 2.31. The Morgan fingerprint density at radius 2 is 1.86 bits per heavy atom. The number of carbonyl (C=O) groups excluding carboxylic acids is 1. The van der Waals surface area contributed by atoms with Crippen molar-refractivity contribution in [3.05, 3.63) is 69.0 Å². The number of nitrogens with zero attached hydrogens (tertiary/aromatic N) is 3. The van der Waals surface area contributed by atoms with E-state index < -0.39 is 34.3 Å². The first-order valence-electron chi connectivity index (χ1n) is 8.51. The minimum absolute atomic E-state index is 0.154. The summed E-state index contributed by atoms with van der Waals surface area (Å²) in [5.41, 5.74) is -2.72. The number of nitrogens with one attached hydrogen (secondary N) is 1. The molecule has 1 heterocycles. The van der Waals surface area contributed by atoms with Gasteiger partial charge in [-0.1, -0.05) is 28.9 Å². The lowest BCUT2D eigenvalue weighted by molar-refractivity contribution is -0.137. The second-order valence-corrected chi connectivity index (χ2v) is 7.44. The molecule has 0 atom stereocenters. The Kier molecular flexibility index (Phi) is 5.36. The fraction of sp³-hybridized carbons (Fsp3) is 0.263. The van der Waals surface area contributed by atoms with Crippen LogP contribution in [0.4, 0.5) is 13.2 Å². The van der Waals surface area contributed by atoms with Crippen LogP contribution in [-0.2, 0) is 11.7 Å². The first-order valence-corrected chi connectivity index (χ1v) is 8.89. The number of halogens is 4. The number of aromatic nitrogens is 3. The maximum Gasteiger partial charge on any atom is 0.417 e. The van der Waals surface area contributed by atoms with Gasteiger partial charge in [0.25, 0.3) is 11.5 Å². The van der Waals surface area contributed by atoms with Crippen molar-refractivity contribution < 1.29 is 18.0 Å². The van der Waals surface area contributed by atoms with Crippen molar-refractivity contribution in [2.24, 2.45) is 0 Å². The average molecular weight is 425 g/mol. The number of fused-ring (bicyclic) bond motifs is 1. The van der Waals surface area contributed by atoms with Gasteiger partial charge in [0.15, 0.2) is 0 Å². The molecule has 0 aliphatic heterocycles.